The molecular weight excluding hydrogens is 210 g/mol. The predicted octanol–water partition coefficient (Wildman–Crippen LogP) is 1.73. The number of sulfone groups is 1. The predicted molar refractivity (Wildman–Crippen MR) is 63.8 cm³/mol. The fraction of sp³-hybridized carbons (Fsp3) is 1.00. The average Bonchev–Trinajstić information content (AvgIpc) is 2.46. The van der Waals surface area contributed by atoms with Crippen molar-refractivity contribution in [1.82, 2.24) is 5.32 Å². The van der Waals surface area contributed by atoms with Gasteiger partial charge in [0, 0.05) is 11.8 Å². The molecule has 1 N–H and O–H groups in total. The molecule has 1 aliphatic heterocycles. The van der Waals surface area contributed by atoms with Crippen LogP contribution in [0.1, 0.15) is 45.4 Å². The van der Waals surface area contributed by atoms with Gasteiger partial charge in [-0.2, -0.15) is 0 Å². The summed E-state index contributed by atoms with van der Waals surface area (Å²) in [7, 11) is -2.76. The van der Waals surface area contributed by atoms with E-state index in [1.54, 1.807) is 6.92 Å². The number of hydrogen-bond acceptors (Lipinski definition) is 3. The minimum atomic E-state index is -2.76. The number of nitrogens with one attached hydrogen (secondary N) is 1. The third kappa shape index (κ3) is 5.52. The maximum absolute atomic E-state index is 11.3. The van der Waals surface area contributed by atoms with Gasteiger partial charge in [0.15, 0.2) is 0 Å². The Morgan fingerprint density at radius 2 is 2.07 bits per heavy atom. The summed E-state index contributed by atoms with van der Waals surface area (Å²) >= 11 is 0. The van der Waals surface area contributed by atoms with Crippen LogP contribution in [-0.2, 0) is 9.84 Å². The van der Waals surface area contributed by atoms with Gasteiger partial charge in [-0.25, -0.2) is 8.42 Å². The van der Waals surface area contributed by atoms with Crippen LogP contribution in [0.5, 0.6) is 0 Å². The fourth-order valence-corrected chi connectivity index (χ4v) is 2.94. The van der Waals surface area contributed by atoms with Crippen LogP contribution in [0.3, 0.4) is 0 Å². The monoisotopic (exact) mass is 233 g/mol. The van der Waals surface area contributed by atoms with Gasteiger partial charge in [0.25, 0.3) is 0 Å². The van der Waals surface area contributed by atoms with Gasteiger partial charge in [-0.1, -0.05) is 19.8 Å². The normalized spacial score (nSPS) is 23.7. The minimum absolute atomic E-state index is 0.283. The molecule has 1 unspecified atom stereocenters. The van der Waals surface area contributed by atoms with Gasteiger partial charge in [-0.05, 0) is 32.2 Å². The number of rotatable bonds is 5. The molecule has 0 spiro atoms. The molecule has 1 heterocycles. The van der Waals surface area contributed by atoms with Crippen molar-refractivity contribution in [3.05, 3.63) is 0 Å². The summed E-state index contributed by atoms with van der Waals surface area (Å²) in [5.41, 5.74) is 0. The largest absolute Gasteiger partial charge is 0.314 e. The third-order valence-corrected chi connectivity index (χ3v) is 4.90. The Labute approximate surface area is 93.6 Å². The zero-order valence-corrected chi connectivity index (χ0v) is 10.5. The van der Waals surface area contributed by atoms with E-state index in [0.29, 0.717) is 11.8 Å². The lowest BCUT2D eigenvalue weighted by molar-refractivity contribution is 0.472. The average molecular weight is 233 g/mol. The van der Waals surface area contributed by atoms with E-state index < -0.39 is 9.84 Å². The van der Waals surface area contributed by atoms with Crippen LogP contribution in [0.4, 0.5) is 0 Å². The Morgan fingerprint density at radius 1 is 1.27 bits per heavy atom. The molecule has 0 aromatic heterocycles. The van der Waals surface area contributed by atoms with Crippen molar-refractivity contribution in [2.75, 3.05) is 18.1 Å². The Bertz CT molecular complexity index is 254. The van der Waals surface area contributed by atoms with Crippen LogP contribution in [0.2, 0.25) is 0 Å². The first-order valence-electron chi connectivity index (χ1n) is 6.08. The summed E-state index contributed by atoms with van der Waals surface area (Å²) in [6.45, 7) is 2.82. The van der Waals surface area contributed by atoms with Crippen molar-refractivity contribution in [2.45, 2.75) is 51.5 Å². The van der Waals surface area contributed by atoms with Crippen LogP contribution < -0.4 is 5.32 Å². The van der Waals surface area contributed by atoms with Gasteiger partial charge in [-0.15, -0.1) is 0 Å². The molecule has 1 saturated heterocycles. The fourth-order valence-electron chi connectivity index (χ4n) is 2.04. The Hall–Kier alpha value is -0.0900. The highest BCUT2D eigenvalue weighted by molar-refractivity contribution is 7.91. The molecule has 0 amide bonds. The zero-order chi connectivity index (χ0) is 11.1. The topological polar surface area (TPSA) is 46.2 Å². The van der Waals surface area contributed by atoms with Crippen LogP contribution in [0.25, 0.3) is 0 Å². The molecule has 1 fully saturated rings. The highest BCUT2D eigenvalue weighted by atomic mass is 32.2. The zero-order valence-electron chi connectivity index (χ0n) is 9.67. The van der Waals surface area contributed by atoms with Gasteiger partial charge in [0.2, 0.25) is 0 Å². The van der Waals surface area contributed by atoms with Crippen molar-refractivity contribution in [3.63, 3.8) is 0 Å². The van der Waals surface area contributed by atoms with Crippen molar-refractivity contribution < 1.29 is 8.42 Å². The van der Waals surface area contributed by atoms with Crippen LogP contribution >= 0.6 is 0 Å². The lowest BCUT2D eigenvalue weighted by atomic mass is 10.1. The summed E-state index contributed by atoms with van der Waals surface area (Å²) < 4.78 is 22.6. The second-order valence-corrected chi connectivity index (χ2v) is 6.85. The Balaban J connectivity index is 2.18. The van der Waals surface area contributed by atoms with Gasteiger partial charge < -0.3 is 5.32 Å². The first-order chi connectivity index (χ1) is 7.14. The summed E-state index contributed by atoms with van der Waals surface area (Å²) in [4.78, 5) is 0. The van der Waals surface area contributed by atoms with Crippen LogP contribution in [-0.4, -0.2) is 32.5 Å². The van der Waals surface area contributed by atoms with Crippen molar-refractivity contribution in [1.29, 1.82) is 0 Å². The molecule has 0 bridgehead atoms. The third-order valence-electron chi connectivity index (χ3n) is 3.11. The minimum Gasteiger partial charge on any atom is -0.314 e. The quantitative estimate of drug-likeness (QED) is 0.786. The van der Waals surface area contributed by atoms with E-state index in [2.05, 4.69) is 5.32 Å². The van der Waals surface area contributed by atoms with E-state index in [1.807, 2.05) is 0 Å². The van der Waals surface area contributed by atoms with Gasteiger partial charge in [0.1, 0.15) is 9.84 Å². The molecule has 0 aliphatic carbocycles. The van der Waals surface area contributed by atoms with E-state index >= 15 is 0 Å². The molecule has 1 atom stereocenters. The van der Waals surface area contributed by atoms with Crippen molar-refractivity contribution in [2.24, 2.45) is 0 Å². The highest BCUT2D eigenvalue weighted by Gasteiger charge is 2.13. The van der Waals surface area contributed by atoms with Crippen LogP contribution in [0.15, 0.2) is 0 Å². The van der Waals surface area contributed by atoms with E-state index in [9.17, 15) is 8.42 Å². The molecule has 4 heteroatoms. The Morgan fingerprint density at radius 3 is 2.80 bits per heavy atom. The molecule has 90 valence electrons. The molecule has 0 aromatic rings. The van der Waals surface area contributed by atoms with E-state index in [1.165, 1.54) is 25.7 Å². The van der Waals surface area contributed by atoms with E-state index in [-0.39, 0.29) is 5.75 Å². The lowest BCUT2D eigenvalue weighted by Crippen LogP contribution is -2.28. The smallest absolute Gasteiger partial charge is 0.150 e. The molecule has 0 aromatic carbocycles. The molecular formula is C11H23NO2S. The highest BCUT2D eigenvalue weighted by Crippen LogP contribution is 2.12. The van der Waals surface area contributed by atoms with Gasteiger partial charge >= 0.3 is 0 Å². The van der Waals surface area contributed by atoms with Crippen molar-refractivity contribution >= 4 is 9.84 Å². The second-order valence-electron chi connectivity index (χ2n) is 4.38. The molecule has 1 aliphatic rings. The first kappa shape index (κ1) is 13.0. The summed E-state index contributed by atoms with van der Waals surface area (Å²) in [5.74, 6) is 0.646. The molecule has 0 radical (unpaired) electrons. The van der Waals surface area contributed by atoms with Gasteiger partial charge in [-0.3, -0.25) is 0 Å². The maximum atomic E-state index is 11.3. The molecule has 3 nitrogen and oxygen atoms in total. The number of hydrogen-bond donors (Lipinski definition) is 1. The molecule has 0 saturated carbocycles. The SMILES string of the molecule is CCS(=O)(=O)CCCC1CCCCCN1. The molecule has 15 heavy (non-hydrogen) atoms. The standard InChI is InChI=1S/C11H23NO2S/c1-2-15(13,14)10-6-8-11-7-4-3-5-9-12-11/h11-12H,2-10H2,1H3. The Kier molecular flexibility index (Phi) is 5.61. The lowest BCUT2D eigenvalue weighted by Gasteiger charge is -2.15. The molecule has 1 rings (SSSR count). The van der Waals surface area contributed by atoms with E-state index in [4.69, 9.17) is 0 Å². The van der Waals surface area contributed by atoms with Crippen molar-refractivity contribution in [3.8, 4) is 0 Å². The van der Waals surface area contributed by atoms with E-state index in [0.717, 1.165) is 19.4 Å². The maximum Gasteiger partial charge on any atom is 0.150 e. The second kappa shape index (κ2) is 6.48. The first-order valence-corrected chi connectivity index (χ1v) is 7.90. The van der Waals surface area contributed by atoms with Gasteiger partial charge in [0.05, 0.1) is 5.75 Å². The summed E-state index contributed by atoms with van der Waals surface area (Å²) in [5, 5.41) is 3.49. The van der Waals surface area contributed by atoms with Crippen LogP contribution in [0, 0.1) is 0 Å². The summed E-state index contributed by atoms with van der Waals surface area (Å²) in [6, 6.07) is 0.555. The summed E-state index contributed by atoms with van der Waals surface area (Å²) in [6.07, 6.45) is 6.91.